The molecule has 4 N–H and O–H groups in total. The van der Waals surface area contributed by atoms with Crippen LogP contribution in [-0.4, -0.2) is 57.9 Å². The van der Waals surface area contributed by atoms with Crippen molar-refractivity contribution < 1.29 is 24.4 Å². The zero-order valence-electron chi connectivity index (χ0n) is 13.3. The first-order valence-corrected chi connectivity index (χ1v) is 7.59. The highest BCUT2D eigenvalue weighted by Gasteiger charge is 2.37. The van der Waals surface area contributed by atoms with Gasteiger partial charge in [-0.2, -0.15) is 0 Å². The third kappa shape index (κ3) is 4.51. The third-order valence-electron chi connectivity index (χ3n) is 3.89. The predicted molar refractivity (Wildman–Crippen MR) is 85.4 cm³/mol. The van der Waals surface area contributed by atoms with Crippen LogP contribution in [0.5, 0.6) is 0 Å². The number of primary amides is 1. The Labute approximate surface area is 142 Å². The number of nitro groups is 1. The molecule has 0 aliphatic carbocycles. The lowest BCUT2D eigenvalue weighted by Crippen LogP contribution is -2.44. The number of nitrogens with two attached hydrogens (primary N) is 1. The number of β-amino-alcohol motifs (C(OH)–C–C–N with tert-alkyl or cyclic N) is 1. The summed E-state index contributed by atoms with van der Waals surface area (Å²) in [6.45, 7) is 0.0511. The second-order valence-electron chi connectivity index (χ2n) is 5.66. The monoisotopic (exact) mass is 350 g/mol. The average Bonchev–Trinajstić information content (AvgIpc) is 2.97. The van der Waals surface area contributed by atoms with Crippen molar-refractivity contribution in [1.29, 1.82) is 0 Å². The Morgan fingerprint density at radius 2 is 1.96 bits per heavy atom. The topological polar surface area (TPSA) is 156 Å². The maximum atomic E-state index is 12.1. The number of carbonyl (C=O) groups excluding carboxylic acids is 3. The van der Waals surface area contributed by atoms with E-state index in [1.807, 2.05) is 0 Å². The average molecular weight is 350 g/mol. The number of nitro benzene ring substituents is 1. The minimum absolute atomic E-state index is 0.0206. The normalized spacial score (nSPS) is 19.5. The quantitative estimate of drug-likeness (QED) is 0.449. The maximum absolute atomic E-state index is 12.1. The van der Waals surface area contributed by atoms with E-state index in [4.69, 9.17) is 5.73 Å². The Bertz CT molecular complexity index is 690. The number of benzene rings is 1. The lowest BCUT2D eigenvalue weighted by atomic mass is 10.2. The van der Waals surface area contributed by atoms with Crippen LogP contribution in [0.3, 0.4) is 0 Å². The summed E-state index contributed by atoms with van der Waals surface area (Å²) in [4.78, 5) is 46.6. The van der Waals surface area contributed by atoms with Crippen molar-refractivity contribution in [3.63, 3.8) is 0 Å². The number of aliphatic hydroxyl groups excluding tert-OH is 1. The van der Waals surface area contributed by atoms with Gasteiger partial charge in [0, 0.05) is 43.6 Å². The number of aliphatic hydroxyl groups is 1. The SMILES string of the molecule is NC(=O)[C@@H]1C[C@@H](O)CN1C(=O)CCNC(=O)c1ccc([N+](=O)[O-])cc1. The molecule has 0 aromatic heterocycles. The molecule has 1 heterocycles. The van der Waals surface area contributed by atoms with Crippen LogP contribution in [0.25, 0.3) is 0 Å². The Morgan fingerprint density at radius 1 is 1.32 bits per heavy atom. The lowest BCUT2D eigenvalue weighted by Gasteiger charge is -2.21. The number of amides is 3. The van der Waals surface area contributed by atoms with Crippen molar-refractivity contribution >= 4 is 23.4 Å². The van der Waals surface area contributed by atoms with Crippen molar-refractivity contribution in [2.24, 2.45) is 5.73 Å². The molecule has 0 radical (unpaired) electrons. The molecule has 1 aliphatic heterocycles. The number of nitrogens with zero attached hydrogens (tertiary/aromatic N) is 2. The van der Waals surface area contributed by atoms with Crippen LogP contribution in [0.2, 0.25) is 0 Å². The van der Waals surface area contributed by atoms with Gasteiger partial charge in [0.2, 0.25) is 11.8 Å². The number of likely N-dealkylation sites (tertiary alicyclic amines) is 1. The molecule has 10 nitrogen and oxygen atoms in total. The van der Waals surface area contributed by atoms with Gasteiger partial charge >= 0.3 is 0 Å². The Kier molecular flexibility index (Phi) is 5.65. The second kappa shape index (κ2) is 7.71. The van der Waals surface area contributed by atoms with E-state index in [0.29, 0.717) is 0 Å². The van der Waals surface area contributed by atoms with Gasteiger partial charge in [0.25, 0.3) is 11.6 Å². The molecule has 2 rings (SSSR count). The molecule has 0 spiro atoms. The molecule has 3 amide bonds. The van der Waals surface area contributed by atoms with Crippen molar-refractivity contribution in [2.75, 3.05) is 13.1 Å². The highest BCUT2D eigenvalue weighted by Crippen LogP contribution is 2.18. The fourth-order valence-electron chi connectivity index (χ4n) is 2.62. The molecule has 25 heavy (non-hydrogen) atoms. The summed E-state index contributed by atoms with van der Waals surface area (Å²) in [6, 6.07) is 4.21. The van der Waals surface area contributed by atoms with Gasteiger partial charge in [0.1, 0.15) is 6.04 Å². The van der Waals surface area contributed by atoms with Crippen LogP contribution in [0.15, 0.2) is 24.3 Å². The summed E-state index contributed by atoms with van der Waals surface area (Å²) in [6.07, 6.45) is -0.748. The first-order valence-electron chi connectivity index (χ1n) is 7.59. The molecule has 134 valence electrons. The van der Waals surface area contributed by atoms with E-state index in [-0.39, 0.29) is 37.2 Å². The van der Waals surface area contributed by atoms with E-state index in [0.717, 1.165) is 0 Å². The molecule has 1 aromatic carbocycles. The van der Waals surface area contributed by atoms with Gasteiger partial charge in [-0.15, -0.1) is 0 Å². The number of carbonyl (C=O) groups is 3. The summed E-state index contributed by atoms with van der Waals surface area (Å²) in [5.41, 5.74) is 5.31. The van der Waals surface area contributed by atoms with Crippen LogP contribution in [0, 0.1) is 10.1 Å². The van der Waals surface area contributed by atoms with Crippen LogP contribution in [0.4, 0.5) is 5.69 Å². The second-order valence-corrected chi connectivity index (χ2v) is 5.66. The highest BCUT2D eigenvalue weighted by molar-refractivity contribution is 5.94. The number of rotatable bonds is 6. The van der Waals surface area contributed by atoms with Gasteiger partial charge in [-0.1, -0.05) is 0 Å². The van der Waals surface area contributed by atoms with Crippen molar-refractivity contribution in [3.8, 4) is 0 Å². The zero-order valence-corrected chi connectivity index (χ0v) is 13.3. The van der Waals surface area contributed by atoms with Gasteiger partial charge in [-0.3, -0.25) is 24.5 Å². The smallest absolute Gasteiger partial charge is 0.269 e. The summed E-state index contributed by atoms with van der Waals surface area (Å²) >= 11 is 0. The first kappa shape index (κ1) is 18.3. The molecule has 10 heteroatoms. The van der Waals surface area contributed by atoms with Crippen LogP contribution >= 0.6 is 0 Å². The van der Waals surface area contributed by atoms with Crippen molar-refractivity contribution in [2.45, 2.75) is 25.0 Å². The molecular formula is C15H18N4O6. The molecule has 1 aromatic rings. The largest absolute Gasteiger partial charge is 0.391 e. The zero-order chi connectivity index (χ0) is 18.6. The number of non-ortho nitro benzene ring substituents is 1. The first-order chi connectivity index (χ1) is 11.8. The molecule has 0 saturated carbocycles. The number of nitrogens with one attached hydrogen (secondary N) is 1. The van der Waals surface area contributed by atoms with Gasteiger partial charge in [-0.25, -0.2) is 0 Å². The fourth-order valence-corrected chi connectivity index (χ4v) is 2.62. The van der Waals surface area contributed by atoms with Crippen LogP contribution in [0.1, 0.15) is 23.2 Å². The molecule has 0 bridgehead atoms. The molecule has 1 aliphatic rings. The van der Waals surface area contributed by atoms with Gasteiger partial charge in [0.05, 0.1) is 11.0 Å². The van der Waals surface area contributed by atoms with Crippen LogP contribution in [-0.2, 0) is 9.59 Å². The van der Waals surface area contributed by atoms with E-state index in [1.165, 1.54) is 29.2 Å². The highest BCUT2D eigenvalue weighted by atomic mass is 16.6. The van der Waals surface area contributed by atoms with E-state index in [1.54, 1.807) is 0 Å². The van der Waals surface area contributed by atoms with Crippen molar-refractivity contribution in [3.05, 3.63) is 39.9 Å². The fraction of sp³-hybridized carbons (Fsp3) is 0.400. The van der Waals surface area contributed by atoms with Gasteiger partial charge < -0.3 is 21.1 Å². The Morgan fingerprint density at radius 3 is 2.52 bits per heavy atom. The number of hydrogen-bond acceptors (Lipinski definition) is 6. The number of hydrogen-bond donors (Lipinski definition) is 3. The molecule has 1 fully saturated rings. The van der Waals surface area contributed by atoms with Gasteiger partial charge in [0.15, 0.2) is 0 Å². The summed E-state index contributed by atoms with van der Waals surface area (Å²) in [5.74, 6) is -1.56. The third-order valence-corrected chi connectivity index (χ3v) is 3.89. The van der Waals surface area contributed by atoms with E-state index >= 15 is 0 Å². The summed E-state index contributed by atoms with van der Waals surface area (Å²) in [7, 11) is 0. The Balaban J connectivity index is 1.85. The molecule has 1 saturated heterocycles. The maximum Gasteiger partial charge on any atom is 0.269 e. The molecule has 2 atom stereocenters. The minimum atomic E-state index is -0.840. The summed E-state index contributed by atoms with van der Waals surface area (Å²) < 4.78 is 0. The molecule has 0 unspecified atom stereocenters. The summed E-state index contributed by atoms with van der Waals surface area (Å²) in [5, 5.41) is 22.7. The van der Waals surface area contributed by atoms with Crippen molar-refractivity contribution in [1.82, 2.24) is 10.2 Å². The molecular weight excluding hydrogens is 332 g/mol. The van der Waals surface area contributed by atoms with E-state index in [9.17, 15) is 29.6 Å². The lowest BCUT2D eigenvalue weighted by molar-refractivity contribution is -0.384. The standard InChI is InChI=1S/C15H18N4O6/c16-14(22)12-7-11(20)8-18(12)13(21)5-6-17-15(23)9-1-3-10(4-2-9)19(24)25/h1-4,11-12,20H,5-8H2,(H2,16,22)(H,17,23)/t11-,12+/m1/s1. The van der Waals surface area contributed by atoms with E-state index < -0.39 is 34.8 Å². The van der Waals surface area contributed by atoms with Crippen LogP contribution < -0.4 is 11.1 Å². The Hall–Kier alpha value is -3.01. The predicted octanol–water partition coefficient (Wildman–Crippen LogP) is -0.838. The van der Waals surface area contributed by atoms with E-state index in [2.05, 4.69) is 5.32 Å². The minimum Gasteiger partial charge on any atom is -0.391 e. The van der Waals surface area contributed by atoms with Gasteiger partial charge in [-0.05, 0) is 12.1 Å².